The van der Waals surface area contributed by atoms with Crippen LogP contribution in [0.25, 0.3) is 0 Å². The highest BCUT2D eigenvalue weighted by molar-refractivity contribution is 9.10. The van der Waals surface area contributed by atoms with Crippen molar-refractivity contribution in [2.24, 2.45) is 5.92 Å². The lowest BCUT2D eigenvalue weighted by atomic mass is 9.81. The third-order valence-corrected chi connectivity index (χ3v) is 3.11. The van der Waals surface area contributed by atoms with Crippen LogP contribution in [0.5, 0.6) is 0 Å². The van der Waals surface area contributed by atoms with Crippen LogP contribution in [-0.4, -0.2) is 11.0 Å². The molecule has 1 heterocycles. The molecule has 13 heavy (non-hydrogen) atoms. The van der Waals surface area contributed by atoms with Crippen LogP contribution in [0.2, 0.25) is 0 Å². The number of hydrogen-bond acceptors (Lipinski definition) is 2. The van der Waals surface area contributed by atoms with E-state index < -0.39 is 0 Å². The first-order valence-corrected chi connectivity index (χ1v) is 5.42. The quantitative estimate of drug-likeness (QED) is 0.860. The van der Waals surface area contributed by atoms with Crippen LogP contribution in [0, 0.1) is 5.92 Å². The molecule has 0 amide bonds. The second kappa shape index (κ2) is 3.66. The molecule has 0 saturated heterocycles. The van der Waals surface area contributed by atoms with E-state index >= 15 is 0 Å². The van der Waals surface area contributed by atoms with Crippen molar-refractivity contribution in [1.82, 2.24) is 4.98 Å². The minimum atomic E-state index is 0.649. The molecule has 1 aliphatic rings. The van der Waals surface area contributed by atoms with Gasteiger partial charge < -0.3 is 5.32 Å². The largest absolute Gasteiger partial charge is 0.381 e. The summed E-state index contributed by atoms with van der Waals surface area (Å²) in [5.74, 6) is 0.805. The number of nitrogens with zero attached hydrogens (tertiary/aromatic N) is 1. The highest BCUT2D eigenvalue weighted by atomic mass is 79.9. The van der Waals surface area contributed by atoms with Crippen molar-refractivity contribution in [3.8, 4) is 0 Å². The lowest BCUT2D eigenvalue weighted by molar-refractivity contribution is 0.303. The van der Waals surface area contributed by atoms with E-state index in [0.29, 0.717) is 6.04 Å². The Balaban J connectivity index is 2.01. The number of nitrogens with one attached hydrogen (secondary N) is 1. The van der Waals surface area contributed by atoms with E-state index in [1.807, 2.05) is 6.20 Å². The zero-order chi connectivity index (χ0) is 9.26. The fourth-order valence-corrected chi connectivity index (χ4v) is 1.95. The Bertz CT molecular complexity index is 301. The van der Waals surface area contributed by atoms with Crippen LogP contribution in [0.4, 0.5) is 5.69 Å². The minimum Gasteiger partial charge on any atom is -0.381 e. The highest BCUT2D eigenvalue weighted by Gasteiger charge is 2.26. The van der Waals surface area contributed by atoms with Crippen molar-refractivity contribution < 1.29 is 0 Å². The Morgan fingerprint density at radius 1 is 1.46 bits per heavy atom. The van der Waals surface area contributed by atoms with Crippen LogP contribution < -0.4 is 5.32 Å². The summed E-state index contributed by atoms with van der Waals surface area (Å²) < 4.78 is 1.03. The maximum atomic E-state index is 4.11. The molecule has 3 heteroatoms. The monoisotopic (exact) mass is 240 g/mol. The topological polar surface area (TPSA) is 24.9 Å². The first kappa shape index (κ1) is 9.00. The maximum Gasteiger partial charge on any atom is 0.0540 e. The van der Waals surface area contributed by atoms with Gasteiger partial charge in [0.15, 0.2) is 0 Å². The van der Waals surface area contributed by atoms with E-state index in [2.05, 4.69) is 39.2 Å². The molecule has 0 aliphatic heterocycles. The van der Waals surface area contributed by atoms with Gasteiger partial charge in [0.2, 0.25) is 0 Å². The average Bonchev–Trinajstić information content (AvgIpc) is 2.12. The summed E-state index contributed by atoms with van der Waals surface area (Å²) in [6.07, 6.45) is 6.30. The van der Waals surface area contributed by atoms with Gasteiger partial charge >= 0.3 is 0 Å². The molecular formula is C10H13BrN2. The molecule has 1 aliphatic carbocycles. The summed E-state index contributed by atoms with van der Waals surface area (Å²) in [7, 11) is 0. The van der Waals surface area contributed by atoms with E-state index in [1.54, 1.807) is 6.20 Å². The first-order chi connectivity index (χ1) is 6.25. The van der Waals surface area contributed by atoms with E-state index in [0.717, 1.165) is 16.1 Å². The van der Waals surface area contributed by atoms with Gasteiger partial charge in [-0.05, 0) is 40.8 Å². The molecule has 0 spiro atoms. The molecular weight excluding hydrogens is 228 g/mol. The Kier molecular flexibility index (Phi) is 2.54. The Morgan fingerprint density at radius 3 is 2.85 bits per heavy atom. The van der Waals surface area contributed by atoms with Crippen LogP contribution in [0.3, 0.4) is 0 Å². The second-order valence-electron chi connectivity index (χ2n) is 3.70. The van der Waals surface area contributed by atoms with Crippen LogP contribution >= 0.6 is 15.9 Å². The van der Waals surface area contributed by atoms with E-state index in [9.17, 15) is 0 Å². The molecule has 1 saturated carbocycles. The third-order valence-electron chi connectivity index (χ3n) is 2.68. The molecule has 1 N–H and O–H groups in total. The number of rotatable bonds is 2. The lowest BCUT2D eigenvalue weighted by Gasteiger charge is -2.35. The van der Waals surface area contributed by atoms with Crippen molar-refractivity contribution in [1.29, 1.82) is 0 Å². The van der Waals surface area contributed by atoms with Gasteiger partial charge in [0.1, 0.15) is 0 Å². The van der Waals surface area contributed by atoms with Crippen LogP contribution in [0.1, 0.15) is 19.8 Å². The summed E-state index contributed by atoms with van der Waals surface area (Å²) >= 11 is 3.40. The first-order valence-electron chi connectivity index (χ1n) is 4.63. The SMILES string of the molecule is CC1CCC1Nc1cncc(Br)c1. The summed E-state index contributed by atoms with van der Waals surface area (Å²) in [4.78, 5) is 4.11. The Morgan fingerprint density at radius 2 is 2.31 bits per heavy atom. The van der Waals surface area contributed by atoms with Crippen molar-refractivity contribution in [3.05, 3.63) is 22.9 Å². The molecule has 1 fully saturated rings. The fourth-order valence-electron chi connectivity index (χ4n) is 1.59. The number of pyridine rings is 1. The van der Waals surface area contributed by atoms with E-state index in [1.165, 1.54) is 12.8 Å². The highest BCUT2D eigenvalue weighted by Crippen LogP contribution is 2.29. The van der Waals surface area contributed by atoms with Gasteiger partial charge in [-0.25, -0.2) is 0 Å². The number of aromatic nitrogens is 1. The van der Waals surface area contributed by atoms with Gasteiger partial charge in [0.05, 0.1) is 11.9 Å². The molecule has 1 aromatic rings. The molecule has 1 aromatic heterocycles. The van der Waals surface area contributed by atoms with Crippen molar-refractivity contribution in [2.75, 3.05) is 5.32 Å². The van der Waals surface area contributed by atoms with Gasteiger partial charge in [-0.15, -0.1) is 0 Å². The van der Waals surface area contributed by atoms with Crippen LogP contribution in [0.15, 0.2) is 22.9 Å². The standard InChI is InChI=1S/C10H13BrN2/c1-7-2-3-10(7)13-9-4-8(11)5-12-6-9/h4-7,10,13H,2-3H2,1H3. The average molecular weight is 241 g/mol. The Labute approximate surface area is 86.9 Å². The predicted molar refractivity (Wildman–Crippen MR) is 57.7 cm³/mol. The predicted octanol–water partition coefficient (Wildman–Crippen LogP) is 3.05. The van der Waals surface area contributed by atoms with E-state index in [-0.39, 0.29) is 0 Å². The third kappa shape index (κ3) is 2.02. The summed E-state index contributed by atoms with van der Waals surface area (Å²) in [6.45, 7) is 2.28. The van der Waals surface area contributed by atoms with Gasteiger partial charge in [-0.1, -0.05) is 6.92 Å². The molecule has 2 nitrogen and oxygen atoms in total. The van der Waals surface area contributed by atoms with Gasteiger partial charge in [-0.3, -0.25) is 4.98 Å². The second-order valence-corrected chi connectivity index (χ2v) is 4.61. The molecule has 0 bridgehead atoms. The molecule has 0 radical (unpaired) electrons. The zero-order valence-electron chi connectivity index (χ0n) is 7.63. The van der Waals surface area contributed by atoms with Crippen LogP contribution in [-0.2, 0) is 0 Å². The summed E-state index contributed by atoms with van der Waals surface area (Å²) in [5.41, 5.74) is 1.12. The summed E-state index contributed by atoms with van der Waals surface area (Å²) in [5, 5.41) is 3.48. The lowest BCUT2D eigenvalue weighted by Crippen LogP contribution is -2.36. The number of anilines is 1. The maximum absolute atomic E-state index is 4.11. The summed E-state index contributed by atoms with van der Waals surface area (Å²) in [6, 6.07) is 2.72. The zero-order valence-corrected chi connectivity index (χ0v) is 9.21. The molecule has 2 atom stereocenters. The van der Waals surface area contributed by atoms with Crippen molar-refractivity contribution in [2.45, 2.75) is 25.8 Å². The smallest absolute Gasteiger partial charge is 0.0540 e. The minimum absolute atomic E-state index is 0.649. The van der Waals surface area contributed by atoms with Crippen molar-refractivity contribution >= 4 is 21.6 Å². The van der Waals surface area contributed by atoms with Gasteiger partial charge in [0, 0.05) is 16.7 Å². The molecule has 2 unspecified atom stereocenters. The number of halogens is 1. The Hall–Kier alpha value is -0.570. The number of hydrogen-bond donors (Lipinski definition) is 1. The molecule has 2 rings (SSSR count). The van der Waals surface area contributed by atoms with E-state index in [4.69, 9.17) is 0 Å². The van der Waals surface area contributed by atoms with Gasteiger partial charge in [-0.2, -0.15) is 0 Å². The molecule has 70 valence electrons. The van der Waals surface area contributed by atoms with Crippen molar-refractivity contribution in [3.63, 3.8) is 0 Å². The molecule has 0 aromatic carbocycles. The van der Waals surface area contributed by atoms with Gasteiger partial charge in [0.25, 0.3) is 0 Å². The normalized spacial score (nSPS) is 26.6. The fraction of sp³-hybridized carbons (Fsp3) is 0.500.